The summed E-state index contributed by atoms with van der Waals surface area (Å²) in [4.78, 5) is 12.7. The first-order chi connectivity index (χ1) is 14.9. The molecule has 2 fully saturated rings. The Balaban J connectivity index is 0.000000750. The summed E-state index contributed by atoms with van der Waals surface area (Å²) in [7, 11) is 1.53. The molecule has 32 heavy (non-hydrogen) atoms. The Hall–Kier alpha value is -1.00. The summed E-state index contributed by atoms with van der Waals surface area (Å²) >= 11 is 6.33. The molecule has 0 heterocycles. The first-order valence-electron chi connectivity index (χ1n) is 10.1. The Morgan fingerprint density at radius 1 is 1.06 bits per heavy atom. The number of methoxy groups -OCH3 is 1. The van der Waals surface area contributed by atoms with Gasteiger partial charge in [0.1, 0.15) is 11.5 Å². The Bertz CT molecular complexity index is 713. The number of ketones is 1. The van der Waals surface area contributed by atoms with Gasteiger partial charge in [-0.2, -0.15) is 0 Å². The van der Waals surface area contributed by atoms with Crippen molar-refractivity contribution in [1.29, 1.82) is 0 Å². The number of ether oxygens (including phenoxy) is 2. The average molecular weight is 497 g/mol. The van der Waals surface area contributed by atoms with Crippen molar-refractivity contribution < 1.29 is 36.4 Å². The van der Waals surface area contributed by atoms with Crippen molar-refractivity contribution in [3.8, 4) is 11.5 Å². The van der Waals surface area contributed by atoms with Crippen LogP contribution < -0.4 is 4.74 Å². The van der Waals surface area contributed by atoms with Crippen LogP contribution in [0.5, 0.6) is 11.5 Å². The molecule has 170 valence electrons. The summed E-state index contributed by atoms with van der Waals surface area (Å²) in [6.45, 7) is 4.01. The minimum atomic E-state index is -0.428. The Labute approximate surface area is 209 Å². The zero-order valence-corrected chi connectivity index (χ0v) is 20.4. The number of hydrogen-bond acceptors (Lipinski definition) is 4. The van der Waals surface area contributed by atoms with Gasteiger partial charge in [-0.05, 0) is 90.2 Å². The monoisotopic (exact) mass is 496 g/mol. The van der Waals surface area contributed by atoms with Gasteiger partial charge >= 0.3 is 17.1 Å². The molecule has 0 amide bonds. The fourth-order valence-corrected chi connectivity index (χ4v) is 3.20. The SMILES string of the molecule is COCOc1ccc(C(=O)CC(Cl)[C]2[CH][CH][CH][CH]2)c(O)c1CC=C(C)C.[CH]1[CH][CH][CH][CH]1.[Fe+2]. The largest absolute Gasteiger partial charge is 2.00 e. The van der Waals surface area contributed by atoms with Crippen molar-refractivity contribution in [2.75, 3.05) is 13.9 Å². The van der Waals surface area contributed by atoms with Gasteiger partial charge in [-0.1, -0.05) is 11.6 Å². The topological polar surface area (TPSA) is 55.8 Å². The van der Waals surface area contributed by atoms with Crippen LogP contribution in [0.25, 0.3) is 0 Å². The summed E-state index contributed by atoms with van der Waals surface area (Å²) < 4.78 is 10.5. The third kappa shape index (κ3) is 9.47. The predicted octanol–water partition coefficient (Wildman–Crippen LogP) is 5.49. The number of phenolic OH excluding ortho intramolecular Hbond substituents is 1. The van der Waals surface area contributed by atoms with Gasteiger partial charge in [-0.25, -0.2) is 0 Å². The van der Waals surface area contributed by atoms with E-state index in [1.165, 1.54) is 7.11 Å². The van der Waals surface area contributed by atoms with Gasteiger partial charge in [0.2, 0.25) is 0 Å². The maximum atomic E-state index is 12.7. The van der Waals surface area contributed by atoms with Gasteiger partial charge in [0.15, 0.2) is 12.6 Å². The number of alkyl halides is 1. The van der Waals surface area contributed by atoms with Crippen molar-refractivity contribution >= 4 is 17.4 Å². The van der Waals surface area contributed by atoms with Crippen molar-refractivity contribution in [2.24, 2.45) is 0 Å². The van der Waals surface area contributed by atoms with Gasteiger partial charge in [0.05, 0.1) is 5.56 Å². The quantitative estimate of drug-likeness (QED) is 0.161. The second kappa shape index (κ2) is 15.8. The number of allylic oxidation sites excluding steroid dienone is 2. The van der Waals surface area contributed by atoms with E-state index in [4.69, 9.17) is 21.1 Å². The normalized spacial score (nSPS) is 16.5. The number of halogens is 1. The minimum absolute atomic E-state index is 0. The second-order valence-corrected chi connectivity index (χ2v) is 7.78. The molecule has 1 atom stereocenters. The number of hydrogen-bond donors (Lipinski definition) is 1. The van der Waals surface area contributed by atoms with E-state index in [2.05, 4.69) is 0 Å². The fraction of sp³-hybridized carbons (Fsp3) is 0.269. The molecular weight excluding hydrogens is 468 g/mol. The van der Waals surface area contributed by atoms with E-state index < -0.39 is 5.38 Å². The van der Waals surface area contributed by atoms with E-state index in [-0.39, 0.29) is 47.4 Å². The smallest absolute Gasteiger partial charge is 0.507 e. The van der Waals surface area contributed by atoms with E-state index in [1.54, 1.807) is 12.1 Å². The van der Waals surface area contributed by atoms with Crippen LogP contribution in [0.15, 0.2) is 23.8 Å². The summed E-state index contributed by atoms with van der Waals surface area (Å²) in [5.41, 5.74) is 1.92. The molecule has 2 aliphatic carbocycles. The molecule has 0 bridgehead atoms. The number of phenols is 1. The van der Waals surface area contributed by atoms with E-state index >= 15 is 0 Å². The Kier molecular flexibility index (Phi) is 14.3. The molecule has 0 aromatic heterocycles. The standard InChI is InChI=1S/C21H24ClO4.C5H5.Fe/c1-14(2)8-9-17-20(26-13-25-3)11-10-16(21(17)24)19(23)12-18(22)15-6-4-5-7-15;1-2-4-5-3-1;/h4-8,10-11,18,24H,9,12-13H2,1-3H3;1-5H;/q;;+2. The number of carbonyl (C=O) groups excluding carboxylic acids is 1. The van der Waals surface area contributed by atoms with Crippen molar-refractivity contribution in [3.05, 3.63) is 98.6 Å². The van der Waals surface area contributed by atoms with Gasteiger partial charge < -0.3 is 14.6 Å². The maximum Gasteiger partial charge on any atom is 2.00 e. The van der Waals surface area contributed by atoms with Crippen LogP contribution >= 0.6 is 11.6 Å². The van der Waals surface area contributed by atoms with Crippen LogP contribution in [-0.2, 0) is 28.2 Å². The number of benzene rings is 1. The molecule has 0 spiro atoms. The van der Waals surface area contributed by atoms with Crippen LogP contribution in [0.2, 0.25) is 0 Å². The molecule has 1 aromatic rings. The van der Waals surface area contributed by atoms with Crippen molar-refractivity contribution in [2.45, 2.75) is 32.1 Å². The van der Waals surface area contributed by atoms with E-state index in [9.17, 15) is 9.90 Å². The molecule has 2 aliphatic rings. The number of carbonyl (C=O) groups is 1. The first kappa shape index (κ1) is 29.0. The minimum Gasteiger partial charge on any atom is -0.507 e. The van der Waals surface area contributed by atoms with Crippen molar-refractivity contribution in [3.63, 3.8) is 0 Å². The van der Waals surface area contributed by atoms with Crippen LogP contribution in [-0.4, -0.2) is 30.2 Å². The van der Waals surface area contributed by atoms with E-state index in [0.29, 0.717) is 17.7 Å². The maximum absolute atomic E-state index is 12.7. The van der Waals surface area contributed by atoms with Crippen LogP contribution in [0.1, 0.15) is 36.2 Å². The van der Waals surface area contributed by atoms with Crippen LogP contribution in [0.3, 0.4) is 0 Å². The zero-order valence-electron chi connectivity index (χ0n) is 18.5. The molecule has 0 aliphatic heterocycles. The fourth-order valence-electron chi connectivity index (χ4n) is 2.91. The number of Topliss-reactive ketones (excluding diaryl/α,β-unsaturated/α-hetero) is 1. The molecule has 2 saturated carbocycles. The van der Waals surface area contributed by atoms with Gasteiger partial charge in [-0.15, -0.1) is 11.6 Å². The Morgan fingerprint density at radius 3 is 2.19 bits per heavy atom. The summed E-state index contributed by atoms with van der Waals surface area (Å²) in [6.07, 6.45) is 20.1. The molecule has 1 aromatic carbocycles. The first-order valence-corrected chi connectivity index (χ1v) is 10.5. The number of aromatic hydroxyl groups is 1. The van der Waals surface area contributed by atoms with Gasteiger partial charge in [-0.3, -0.25) is 4.79 Å². The molecule has 0 saturated heterocycles. The predicted molar refractivity (Wildman–Crippen MR) is 124 cm³/mol. The summed E-state index contributed by atoms with van der Waals surface area (Å²) in [5, 5.41) is 10.3. The molecule has 1 N–H and O–H groups in total. The molecular formula is C26H29ClFeO4+2. The molecule has 3 rings (SSSR count). The Morgan fingerprint density at radius 2 is 1.66 bits per heavy atom. The van der Waals surface area contributed by atoms with Gasteiger partial charge in [0, 0.05) is 30.4 Å². The third-order valence-corrected chi connectivity index (χ3v) is 4.96. The van der Waals surface area contributed by atoms with Crippen molar-refractivity contribution in [1.82, 2.24) is 0 Å². The molecule has 6 heteroatoms. The second-order valence-electron chi connectivity index (χ2n) is 7.25. The van der Waals surface area contributed by atoms with E-state index in [1.807, 2.05) is 77.7 Å². The molecule has 10 radical (unpaired) electrons. The number of rotatable bonds is 9. The average Bonchev–Trinajstić information content (AvgIpc) is 3.48. The van der Waals surface area contributed by atoms with E-state index in [0.717, 1.165) is 11.5 Å². The summed E-state index contributed by atoms with van der Waals surface area (Å²) in [6, 6.07) is 3.26. The molecule has 1 unspecified atom stereocenters. The van der Waals surface area contributed by atoms with Crippen LogP contribution in [0, 0.1) is 63.7 Å². The van der Waals surface area contributed by atoms with Crippen LogP contribution in [0.4, 0.5) is 0 Å². The van der Waals surface area contributed by atoms with Gasteiger partial charge in [0.25, 0.3) is 0 Å². The summed E-state index contributed by atoms with van der Waals surface area (Å²) in [5.74, 6) is 1.12. The molecule has 4 nitrogen and oxygen atoms in total. The zero-order chi connectivity index (χ0) is 22.6. The third-order valence-electron chi connectivity index (χ3n) is 4.56.